The molecule has 0 saturated heterocycles. The van der Waals surface area contributed by atoms with Gasteiger partial charge in [-0.15, -0.1) is 0 Å². The third-order valence-electron chi connectivity index (χ3n) is 5.41. The molecule has 1 N–H and O–H groups in total. The molecule has 0 aromatic rings. The lowest BCUT2D eigenvalue weighted by molar-refractivity contribution is 0.0772. The lowest BCUT2D eigenvalue weighted by Crippen LogP contribution is -2.47. The first kappa shape index (κ1) is 19.0. The van der Waals surface area contributed by atoms with Gasteiger partial charge in [0, 0.05) is 19.1 Å². The van der Waals surface area contributed by atoms with Crippen molar-refractivity contribution in [3.8, 4) is 0 Å². The number of hydrogen-bond donors (Lipinski definition) is 1. The van der Waals surface area contributed by atoms with Crippen molar-refractivity contribution < 1.29 is 0 Å². The minimum atomic E-state index is 0.516. The van der Waals surface area contributed by atoms with Gasteiger partial charge < -0.3 is 10.2 Å². The molecule has 0 amide bonds. The van der Waals surface area contributed by atoms with Crippen LogP contribution in [-0.2, 0) is 0 Å². The van der Waals surface area contributed by atoms with Gasteiger partial charge in [-0.25, -0.2) is 0 Å². The van der Waals surface area contributed by atoms with E-state index in [1.54, 1.807) is 0 Å². The van der Waals surface area contributed by atoms with Crippen LogP contribution in [-0.4, -0.2) is 37.6 Å². The zero-order chi connectivity index (χ0) is 15.9. The van der Waals surface area contributed by atoms with Gasteiger partial charge in [0.15, 0.2) is 0 Å². The molecule has 0 bridgehead atoms. The van der Waals surface area contributed by atoms with Gasteiger partial charge in [0.1, 0.15) is 0 Å². The van der Waals surface area contributed by atoms with E-state index in [0.717, 1.165) is 11.8 Å². The van der Waals surface area contributed by atoms with Gasteiger partial charge in [-0.05, 0) is 63.5 Å². The Morgan fingerprint density at radius 1 is 1.19 bits per heavy atom. The first-order chi connectivity index (χ1) is 9.88. The number of nitrogens with one attached hydrogen (secondary N) is 1. The molecule has 1 fully saturated rings. The maximum absolute atomic E-state index is 3.72. The fourth-order valence-corrected chi connectivity index (χ4v) is 3.84. The molecular weight excluding hydrogens is 256 g/mol. The Balaban J connectivity index is 2.59. The molecule has 1 aliphatic rings. The lowest BCUT2D eigenvalue weighted by Gasteiger charge is -2.44. The van der Waals surface area contributed by atoms with E-state index in [-0.39, 0.29) is 0 Å². The fourth-order valence-electron chi connectivity index (χ4n) is 3.84. The van der Waals surface area contributed by atoms with E-state index >= 15 is 0 Å². The zero-order valence-corrected chi connectivity index (χ0v) is 15.5. The Kier molecular flexibility index (Phi) is 8.26. The molecule has 1 saturated carbocycles. The van der Waals surface area contributed by atoms with Crippen molar-refractivity contribution in [1.29, 1.82) is 0 Å². The average Bonchev–Trinajstić information content (AvgIpc) is 2.42. The standard InChI is InChI=1S/C19H40N2/c1-7-12-20-14-19(10-8-17(4)9-11-19)15-21(6)18(5)13-16(2)3/h16-18,20H,7-15H2,1-6H3. The molecule has 1 atom stereocenters. The zero-order valence-electron chi connectivity index (χ0n) is 15.5. The first-order valence-corrected chi connectivity index (χ1v) is 9.29. The van der Waals surface area contributed by atoms with E-state index in [1.165, 1.54) is 58.2 Å². The van der Waals surface area contributed by atoms with Crippen LogP contribution in [0.15, 0.2) is 0 Å². The molecule has 0 aromatic carbocycles. The Morgan fingerprint density at radius 3 is 2.33 bits per heavy atom. The van der Waals surface area contributed by atoms with Gasteiger partial charge in [-0.1, -0.05) is 40.5 Å². The molecular formula is C19H40N2. The lowest BCUT2D eigenvalue weighted by atomic mass is 9.70. The fraction of sp³-hybridized carbons (Fsp3) is 1.00. The van der Waals surface area contributed by atoms with E-state index in [2.05, 4.69) is 51.9 Å². The van der Waals surface area contributed by atoms with Crippen molar-refractivity contribution in [2.75, 3.05) is 26.7 Å². The molecule has 2 heteroatoms. The highest BCUT2D eigenvalue weighted by Gasteiger charge is 2.35. The second-order valence-corrected chi connectivity index (χ2v) is 8.25. The van der Waals surface area contributed by atoms with Crippen LogP contribution in [0.25, 0.3) is 0 Å². The molecule has 1 aliphatic carbocycles. The molecule has 0 spiro atoms. The van der Waals surface area contributed by atoms with Gasteiger partial charge in [0.25, 0.3) is 0 Å². The summed E-state index contributed by atoms with van der Waals surface area (Å²) < 4.78 is 0. The molecule has 0 radical (unpaired) electrons. The van der Waals surface area contributed by atoms with Gasteiger partial charge in [0.2, 0.25) is 0 Å². The summed E-state index contributed by atoms with van der Waals surface area (Å²) in [4.78, 5) is 2.63. The van der Waals surface area contributed by atoms with Gasteiger partial charge in [-0.3, -0.25) is 0 Å². The number of rotatable bonds is 9. The van der Waals surface area contributed by atoms with Crippen LogP contribution < -0.4 is 5.32 Å². The maximum Gasteiger partial charge on any atom is 0.00665 e. The van der Waals surface area contributed by atoms with Crippen molar-refractivity contribution in [1.82, 2.24) is 10.2 Å². The van der Waals surface area contributed by atoms with Crippen LogP contribution in [0.2, 0.25) is 0 Å². The van der Waals surface area contributed by atoms with E-state index in [9.17, 15) is 0 Å². The van der Waals surface area contributed by atoms with Gasteiger partial charge in [-0.2, -0.15) is 0 Å². The Hall–Kier alpha value is -0.0800. The van der Waals surface area contributed by atoms with E-state index < -0.39 is 0 Å². The van der Waals surface area contributed by atoms with Crippen LogP contribution in [0, 0.1) is 17.3 Å². The largest absolute Gasteiger partial charge is 0.316 e. The summed E-state index contributed by atoms with van der Waals surface area (Å²) >= 11 is 0. The number of hydrogen-bond acceptors (Lipinski definition) is 2. The third kappa shape index (κ3) is 6.69. The van der Waals surface area contributed by atoms with Crippen molar-refractivity contribution in [3.05, 3.63) is 0 Å². The van der Waals surface area contributed by atoms with Crippen LogP contribution >= 0.6 is 0 Å². The predicted octanol–water partition coefficient (Wildman–Crippen LogP) is 4.55. The van der Waals surface area contributed by atoms with Crippen molar-refractivity contribution >= 4 is 0 Å². The highest BCUT2D eigenvalue weighted by atomic mass is 15.1. The van der Waals surface area contributed by atoms with Gasteiger partial charge >= 0.3 is 0 Å². The van der Waals surface area contributed by atoms with Crippen LogP contribution in [0.1, 0.15) is 73.1 Å². The summed E-state index contributed by atoms with van der Waals surface area (Å²) in [5.41, 5.74) is 0.516. The van der Waals surface area contributed by atoms with Gasteiger partial charge in [0.05, 0.1) is 0 Å². The second kappa shape index (κ2) is 9.15. The van der Waals surface area contributed by atoms with Crippen LogP contribution in [0.5, 0.6) is 0 Å². The number of nitrogens with zero attached hydrogens (tertiary/aromatic N) is 1. The van der Waals surface area contributed by atoms with Crippen molar-refractivity contribution in [2.24, 2.45) is 17.3 Å². The van der Waals surface area contributed by atoms with Crippen LogP contribution in [0.3, 0.4) is 0 Å². The molecule has 126 valence electrons. The molecule has 21 heavy (non-hydrogen) atoms. The third-order valence-corrected chi connectivity index (χ3v) is 5.41. The van der Waals surface area contributed by atoms with E-state index in [1.807, 2.05) is 0 Å². The summed E-state index contributed by atoms with van der Waals surface area (Å²) in [6.07, 6.45) is 8.20. The smallest absolute Gasteiger partial charge is 0.00665 e. The van der Waals surface area contributed by atoms with Crippen LogP contribution in [0.4, 0.5) is 0 Å². The monoisotopic (exact) mass is 296 g/mol. The Labute approximate surface area is 134 Å². The topological polar surface area (TPSA) is 15.3 Å². The SMILES string of the molecule is CCCNCC1(CN(C)C(C)CC(C)C)CCC(C)CC1. The second-order valence-electron chi connectivity index (χ2n) is 8.25. The predicted molar refractivity (Wildman–Crippen MR) is 94.8 cm³/mol. The minimum Gasteiger partial charge on any atom is -0.316 e. The molecule has 0 aliphatic heterocycles. The highest BCUT2D eigenvalue weighted by molar-refractivity contribution is 4.89. The summed E-state index contributed by atoms with van der Waals surface area (Å²) in [6, 6.07) is 0.701. The van der Waals surface area contributed by atoms with E-state index in [0.29, 0.717) is 11.5 Å². The first-order valence-electron chi connectivity index (χ1n) is 9.29. The maximum atomic E-state index is 3.72. The summed E-state index contributed by atoms with van der Waals surface area (Å²) in [5, 5.41) is 3.72. The molecule has 0 aromatic heterocycles. The normalized spacial score (nSPS) is 28.3. The quantitative estimate of drug-likeness (QED) is 0.628. The Morgan fingerprint density at radius 2 is 1.81 bits per heavy atom. The van der Waals surface area contributed by atoms with Crippen molar-refractivity contribution in [2.45, 2.75) is 79.2 Å². The minimum absolute atomic E-state index is 0.516. The molecule has 0 heterocycles. The molecule has 1 rings (SSSR count). The molecule has 2 nitrogen and oxygen atoms in total. The van der Waals surface area contributed by atoms with E-state index in [4.69, 9.17) is 0 Å². The van der Waals surface area contributed by atoms with Crippen molar-refractivity contribution in [3.63, 3.8) is 0 Å². The molecule has 1 unspecified atom stereocenters. The summed E-state index contributed by atoms with van der Waals surface area (Å²) in [7, 11) is 2.34. The highest BCUT2D eigenvalue weighted by Crippen LogP contribution is 2.39. The average molecular weight is 297 g/mol. The Bertz CT molecular complexity index is 267. The summed E-state index contributed by atoms with van der Waals surface area (Å²) in [6.45, 7) is 15.4. The summed E-state index contributed by atoms with van der Waals surface area (Å²) in [5.74, 6) is 1.73.